The fraction of sp³-hybridized carbons (Fsp3) is 0.250. The Balaban J connectivity index is 2.46. The first-order valence-corrected chi connectivity index (χ1v) is 8.49. The van der Waals surface area contributed by atoms with Gasteiger partial charge in [0.05, 0.1) is 23.0 Å². The van der Waals surface area contributed by atoms with Gasteiger partial charge in [-0.3, -0.25) is 19.7 Å². The molecule has 0 saturated carbocycles. The average molecular weight is 380 g/mol. The first kappa shape index (κ1) is 20.6. The molecule has 0 spiro atoms. The van der Waals surface area contributed by atoms with Crippen LogP contribution in [-0.4, -0.2) is 49.2 Å². The van der Waals surface area contributed by atoms with Crippen LogP contribution in [0.4, 0.5) is 11.4 Å². The summed E-state index contributed by atoms with van der Waals surface area (Å²) in [5, 5.41) is 20.1. The lowest BCUT2D eigenvalue weighted by molar-refractivity contribution is -0.384. The standard InChI is InChI=1S/C20H20N4O4/c1-22(2)17-10-9-14(13-18(17)24(27)28)19(25)15-7-4-5-8-16(15)20(26)23(3)12-6-11-21/h4-5,7-10,13H,6,12H2,1-3H3. The third-order valence-electron chi connectivity index (χ3n) is 4.22. The molecule has 0 heterocycles. The molecule has 0 saturated heterocycles. The zero-order valence-electron chi connectivity index (χ0n) is 15.9. The Morgan fingerprint density at radius 2 is 1.75 bits per heavy atom. The number of nitro benzene ring substituents is 1. The topological polar surface area (TPSA) is 108 Å². The predicted molar refractivity (Wildman–Crippen MR) is 104 cm³/mol. The van der Waals surface area contributed by atoms with Crippen molar-refractivity contribution in [3.8, 4) is 6.07 Å². The highest BCUT2D eigenvalue weighted by Gasteiger charge is 2.23. The van der Waals surface area contributed by atoms with Gasteiger partial charge in [-0.2, -0.15) is 5.26 Å². The van der Waals surface area contributed by atoms with Crippen LogP contribution in [0.15, 0.2) is 42.5 Å². The Morgan fingerprint density at radius 3 is 2.32 bits per heavy atom. The van der Waals surface area contributed by atoms with Gasteiger partial charge in [-0.15, -0.1) is 0 Å². The number of rotatable bonds is 7. The number of carbonyl (C=O) groups is 2. The van der Waals surface area contributed by atoms with Crippen LogP contribution in [-0.2, 0) is 0 Å². The first-order valence-electron chi connectivity index (χ1n) is 8.49. The molecule has 144 valence electrons. The van der Waals surface area contributed by atoms with Crippen molar-refractivity contribution < 1.29 is 14.5 Å². The summed E-state index contributed by atoms with van der Waals surface area (Å²) in [5.41, 5.74) is 0.653. The van der Waals surface area contributed by atoms with Crippen LogP contribution in [0.5, 0.6) is 0 Å². The summed E-state index contributed by atoms with van der Waals surface area (Å²) in [6.07, 6.45) is 0.177. The molecule has 8 heteroatoms. The predicted octanol–water partition coefficient (Wildman–Crippen LogP) is 2.88. The van der Waals surface area contributed by atoms with E-state index in [0.29, 0.717) is 5.69 Å². The van der Waals surface area contributed by atoms with E-state index in [2.05, 4.69) is 0 Å². The van der Waals surface area contributed by atoms with Crippen molar-refractivity contribution in [3.63, 3.8) is 0 Å². The maximum Gasteiger partial charge on any atom is 0.293 e. The fourth-order valence-corrected chi connectivity index (χ4v) is 2.74. The molecule has 0 unspecified atom stereocenters. The van der Waals surface area contributed by atoms with E-state index in [-0.39, 0.29) is 35.3 Å². The summed E-state index contributed by atoms with van der Waals surface area (Å²) in [6, 6.07) is 12.5. The maximum absolute atomic E-state index is 13.0. The van der Waals surface area contributed by atoms with E-state index in [0.717, 1.165) is 0 Å². The minimum atomic E-state index is -0.543. The Morgan fingerprint density at radius 1 is 1.11 bits per heavy atom. The van der Waals surface area contributed by atoms with Crippen molar-refractivity contribution in [2.75, 3.05) is 32.6 Å². The monoisotopic (exact) mass is 380 g/mol. The molecule has 0 bridgehead atoms. The molecule has 0 aliphatic carbocycles. The Bertz CT molecular complexity index is 963. The lowest BCUT2D eigenvalue weighted by Crippen LogP contribution is -2.29. The fourth-order valence-electron chi connectivity index (χ4n) is 2.74. The van der Waals surface area contributed by atoms with Crippen molar-refractivity contribution in [2.45, 2.75) is 6.42 Å². The number of nitrogens with zero attached hydrogens (tertiary/aromatic N) is 4. The molecule has 2 aromatic rings. The van der Waals surface area contributed by atoms with E-state index in [4.69, 9.17) is 5.26 Å². The van der Waals surface area contributed by atoms with Crippen molar-refractivity contribution >= 4 is 23.1 Å². The molecule has 0 aliphatic heterocycles. The van der Waals surface area contributed by atoms with E-state index in [9.17, 15) is 19.7 Å². The molecule has 1 amide bonds. The first-order chi connectivity index (χ1) is 13.3. The number of carbonyl (C=O) groups excluding carboxylic acids is 2. The SMILES string of the molecule is CN(CCC#N)C(=O)c1ccccc1C(=O)c1ccc(N(C)C)c([N+](=O)[O-])c1. The number of amides is 1. The van der Waals surface area contributed by atoms with Gasteiger partial charge in [-0.1, -0.05) is 18.2 Å². The smallest absolute Gasteiger partial charge is 0.293 e. The molecule has 8 nitrogen and oxygen atoms in total. The van der Waals surface area contributed by atoms with Crippen molar-refractivity contribution in [1.29, 1.82) is 5.26 Å². The molecule has 2 rings (SSSR count). The number of hydrogen-bond acceptors (Lipinski definition) is 6. The van der Waals surface area contributed by atoms with Crippen LogP contribution in [0, 0.1) is 21.4 Å². The molecular weight excluding hydrogens is 360 g/mol. The highest BCUT2D eigenvalue weighted by molar-refractivity contribution is 6.15. The number of nitriles is 1. The van der Waals surface area contributed by atoms with E-state index < -0.39 is 16.6 Å². The molecule has 0 atom stereocenters. The Kier molecular flexibility index (Phi) is 6.45. The third kappa shape index (κ3) is 4.32. The molecular formula is C20H20N4O4. The normalized spacial score (nSPS) is 10.1. The molecule has 0 aliphatic rings. The number of benzene rings is 2. The van der Waals surface area contributed by atoms with Gasteiger partial charge in [0.2, 0.25) is 0 Å². The average Bonchev–Trinajstić information content (AvgIpc) is 2.70. The molecule has 0 N–H and O–H groups in total. The number of anilines is 1. The van der Waals surface area contributed by atoms with E-state index in [1.54, 1.807) is 38.2 Å². The zero-order valence-corrected chi connectivity index (χ0v) is 15.9. The Hall–Kier alpha value is -3.73. The van der Waals surface area contributed by atoms with Crippen LogP contribution in [0.3, 0.4) is 0 Å². The Labute approximate surface area is 162 Å². The largest absolute Gasteiger partial charge is 0.372 e. The van der Waals surface area contributed by atoms with Crippen LogP contribution in [0.1, 0.15) is 32.7 Å². The van der Waals surface area contributed by atoms with Gasteiger partial charge >= 0.3 is 0 Å². The van der Waals surface area contributed by atoms with Crippen molar-refractivity contribution in [3.05, 3.63) is 69.3 Å². The van der Waals surface area contributed by atoms with Crippen LogP contribution in [0.25, 0.3) is 0 Å². The second-order valence-corrected chi connectivity index (χ2v) is 6.36. The van der Waals surface area contributed by atoms with Crippen LogP contribution >= 0.6 is 0 Å². The summed E-state index contributed by atoms with van der Waals surface area (Å²) >= 11 is 0. The molecule has 28 heavy (non-hydrogen) atoms. The van der Waals surface area contributed by atoms with Gasteiger partial charge in [0, 0.05) is 44.9 Å². The lowest BCUT2D eigenvalue weighted by atomic mass is 9.97. The summed E-state index contributed by atoms with van der Waals surface area (Å²) in [6.45, 7) is 0.237. The highest BCUT2D eigenvalue weighted by Crippen LogP contribution is 2.29. The minimum absolute atomic E-state index is 0.122. The van der Waals surface area contributed by atoms with E-state index in [1.165, 1.54) is 35.2 Å². The summed E-state index contributed by atoms with van der Waals surface area (Å²) in [4.78, 5) is 39.5. The quantitative estimate of drug-likeness (QED) is 0.415. The molecule has 0 aromatic heterocycles. The van der Waals surface area contributed by atoms with Gasteiger partial charge in [0.25, 0.3) is 11.6 Å². The maximum atomic E-state index is 13.0. The van der Waals surface area contributed by atoms with Gasteiger partial charge in [-0.25, -0.2) is 0 Å². The molecule has 0 radical (unpaired) electrons. The molecule has 0 fully saturated rings. The van der Waals surface area contributed by atoms with Crippen LogP contribution in [0.2, 0.25) is 0 Å². The summed E-state index contributed by atoms with van der Waals surface area (Å²) in [7, 11) is 4.90. The summed E-state index contributed by atoms with van der Waals surface area (Å²) < 4.78 is 0. The third-order valence-corrected chi connectivity index (χ3v) is 4.22. The summed E-state index contributed by atoms with van der Waals surface area (Å²) in [5.74, 6) is -0.871. The van der Waals surface area contributed by atoms with Gasteiger partial charge in [0.15, 0.2) is 5.78 Å². The number of hydrogen-bond donors (Lipinski definition) is 0. The van der Waals surface area contributed by atoms with Crippen molar-refractivity contribution in [1.82, 2.24) is 4.90 Å². The second-order valence-electron chi connectivity index (χ2n) is 6.36. The number of nitro groups is 1. The second kappa shape index (κ2) is 8.77. The van der Waals surface area contributed by atoms with Crippen LogP contribution < -0.4 is 4.90 Å². The van der Waals surface area contributed by atoms with Gasteiger partial charge in [-0.05, 0) is 18.2 Å². The lowest BCUT2D eigenvalue weighted by Gasteiger charge is -2.17. The van der Waals surface area contributed by atoms with E-state index >= 15 is 0 Å². The van der Waals surface area contributed by atoms with Gasteiger partial charge in [0.1, 0.15) is 5.69 Å². The van der Waals surface area contributed by atoms with Gasteiger partial charge < -0.3 is 9.80 Å². The van der Waals surface area contributed by atoms with Crippen molar-refractivity contribution in [2.24, 2.45) is 0 Å². The molecule has 2 aromatic carbocycles. The zero-order chi connectivity index (χ0) is 20.8. The highest BCUT2D eigenvalue weighted by atomic mass is 16.6. The number of ketones is 1. The van der Waals surface area contributed by atoms with E-state index in [1.807, 2.05) is 6.07 Å². The minimum Gasteiger partial charge on any atom is -0.372 e.